The van der Waals surface area contributed by atoms with Crippen LogP contribution in [0.15, 0.2) is 47.4 Å². The highest BCUT2D eigenvalue weighted by atomic mass is 35.5. The van der Waals surface area contributed by atoms with Crippen LogP contribution in [0, 0.1) is 0 Å². The molecule has 0 saturated carbocycles. The molecule has 2 N–H and O–H groups in total. The normalized spacial score (nSPS) is 15.0. The van der Waals surface area contributed by atoms with E-state index in [9.17, 15) is 18.0 Å². The van der Waals surface area contributed by atoms with Gasteiger partial charge < -0.3 is 19.4 Å². The fourth-order valence-electron chi connectivity index (χ4n) is 3.83. The molecule has 2 amide bonds. The van der Waals surface area contributed by atoms with Gasteiger partial charge in [0, 0.05) is 19.4 Å². The molecule has 0 atom stereocenters. The van der Waals surface area contributed by atoms with E-state index >= 15 is 0 Å². The summed E-state index contributed by atoms with van der Waals surface area (Å²) in [5, 5.41) is 4.13. The van der Waals surface area contributed by atoms with Crippen LogP contribution in [0.5, 0.6) is 5.75 Å². The lowest BCUT2D eigenvalue weighted by Crippen LogP contribution is -2.59. The van der Waals surface area contributed by atoms with E-state index in [1.807, 2.05) is 10.8 Å². The van der Waals surface area contributed by atoms with E-state index in [2.05, 4.69) is 5.32 Å². The highest BCUT2D eigenvalue weighted by Crippen LogP contribution is 2.35. The molecule has 1 fully saturated rings. The van der Waals surface area contributed by atoms with Gasteiger partial charge in [-0.05, 0) is 35.9 Å². The molecule has 0 spiro atoms. The van der Waals surface area contributed by atoms with Crippen molar-refractivity contribution >= 4 is 44.3 Å². The van der Waals surface area contributed by atoms with Gasteiger partial charge in [-0.15, -0.1) is 0 Å². The number of hydrogen-bond donors (Lipinski definition) is 2. The Hall–Kier alpha value is -3.08. The number of ether oxygens (including phenoxy) is 2. The van der Waals surface area contributed by atoms with Gasteiger partial charge in [-0.3, -0.25) is 9.59 Å². The molecule has 1 saturated heterocycles. The Balaban J connectivity index is 1.63. The van der Waals surface area contributed by atoms with Crippen molar-refractivity contribution in [2.24, 2.45) is 7.05 Å². The fourth-order valence-corrected chi connectivity index (χ4v) is 5.11. The summed E-state index contributed by atoms with van der Waals surface area (Å²) in [4.78, 5) is 24.3. The van der Waals surface area contributed by atoms with E-state index in [1.165, 1.54) is 19.2 Å². The Labute approximate surface area is 195 Å². The summed E-state index contributed by atoms with van der Waals surface area (Å²) >= 11 is 6.42. The van der Waals surface area contributed by atoms with E-state index in [-0.39, 0.29) is 24.0 Å². The van der Waals surface area contributed by atoms with E-state index in [0.29, 0.717) is 27.4 Å². The molecule has 1 aromatic heterocycles. The van der Waals surface area contributed by atoms with Gasteiger partial charge in [0.05, 0.1) is 35.8 Å². The number of halogens is 1. The number of benzene rings is 2. The number of hydrogen-bond acceptors (Lipinski definition) is 6. The third kappa shape index (κ3) is 4.05. The fraction of sp³-hybridized carbons (Fsp3) is 0.273. The zero-order chi connectivity index (χ0) is 24.0. The summed E-state index contributed by atoms with van der Waals surface area (Å²) in [7, 11) is -0.657. The molecule has 0 bridgehead atoms. The predicted octanol–water partition coefficient (Wildman–Crippen LogP) is 2.32. The molecule has 0 radical (unpaired) electrons. The Bertz CT molecular complexity index is 1360. The van der Waals surface area contributed by atoms with E-state index in [1.54, 1.807) is 35.9 Å². The summed E-state index contributed by atoms with van der Waals surface area (Å²) in [6, 6.07) is 11.2. The maximum Gasteiger partial charge on any atom is 0.268 e. The van der Waals surface area contributed by atoms with Crippen molar-refractivity contribution in [2.75, 3.05) is 20.3 Å². The Morgan fingerprint density at radius 2 is 1.82 bits per heavy atom. The summed E-state index contributed by atoms with van der Waals surface area (Å²) in [5.74, 6) is -0.496. The largest absolute Gasteiger partial charge is 0.495 e. The number of nitrogens with zero attached hydrogens (tertiary/aromatic N) is 1. The van der Waals surface area contributed by atoms with Crippen molar-refractivity contribution in [1.82, 2.24) is 14.6 Å². The monoisotopic (exact) mass is 491 g/mol. The van der Waals surface area contributed by atoms with Gasteiger partial charge in [-0.25, -0.2) is 13.1 Å². The minimum Gasteiger partial charge on any atom is -0.495 e. The highest BCUT2D eigenvalue weighted by molar-refractivity contribution is 7.90. The molecule has 4 rings (SSSR count). The minimum absolute atomic E-state index is 0.0551. The van der Waals surface area contributed by atoms with E-state index in [4.69, 9.17) is 21.1 Å². The minimum atomic E-state index is -3.95. The first-order chi connectivity index (χ1) is 15.6. The predicted molar refractivity (Wildman–Crippen MR) is 122 cm³/mol. The van der Waals surface area contributed by atoms with Crippen molar-refractivity contribution in [3.8, 4) is 5.75 Å². The number of fused-ring (bicyclic) bond motifs is 1. The lowest BCUT2D eigenvalue weighted by atomic mass is 9.88. The lowest BCUT2D eigenvalue weighted by Gasteiger charge is -2.42. The highest BCUT2D eigenvalue weighted by Gasteiger charge is 2.42. The number of sulfonamides is 1. The second-order valence-corrected chi connectivity index (χ2v) is 9.88. The molecular weight excluding hydrogens is 470 g/mol. The maximum absolute atomic E-state index is 13.2. The van der Waals surface area contributed by atoms with Gasteiger partial charge in [0.1, 0.15) is 17.0 Å². The van der Waals surface area contributed by atoms with Crippen molar-refractivity contribution in [3.05, 3.63) is 58.7 Å². The molecule has 174 valence electrons. The summed E-state index contributed by atoms with van der Waals surface area (Å²) in [5.41, 5.74) is 1.04. The number of carbonyl (C=O) groups excluding carboxylic acids is 2. The summed E-state index contributed by atoms with van der Waals surface area (Å²) in [6.45, 7) is 1.59. The van der Waals surface area contributed by atoms with Crippen LogP contribution >= 0.6 is 11.6 Å². The second kappa shape index (κ2) is 8.36. The second-order valence-electron chi connectivity index (χ2n) is 7.82. The van der Waals surface area contributed by atoms with Crippen LogP contribution in [0.25, 0.3) is 10.9 Å². The number of carbonyl (C=O) groups is 2. The smallest absolute Gasteiger partial charge is 0.268 e. The zero-order valence-corrected chi connectivity index (χ0v) is 19.7. The van der Waals surface area contributed by atoms with Crippen molar-refractivity contribution in [1.29, 1.82) is 0 Å². The first-order valence-corrected chi connectivity index (χ1v) is 11.8. The average Bonchev–Trinajstić information content (AvgIpc) is 3.08. The number of aryl methyl sites for hydroxylation is 1. The summed E-state index contributed by atoms with van der Waals surface area (Å²) in [6.07, 6.45) is 0. The number of methoxy groups -OCH3 is 1. The standard InChI is InChI=1S/C22H22ClN3O6S/c1-13(27)25-33(29,30)15-6-4-14(5-7-15)22(11-32-12-22)24-21(28)18-10-16-17(26(18)2)8-9-19(31-3)20(16)23/h4-10H,11-12H2,1-3H3,(H,24,28)(H,25,27). The topological polar surface area (TPSA) is 116 Å². The molecule has 33 heavy (non-hydrogen) atoms. The first-order valence-electron chi connectivity index (χ1n) is 9.94. The molecule has 0 unspecified atom stereocenters. The summed E-state index contributed by atoms with van der Waals surface area (Å²) < 4.78 is 38.7. The Kier molecular flexibility index (Phi) is 5.85. The van der Waals surface area contributed by atoms with Crippen LogP contribution in [-0.4, -0.2) is 45.1 Å². The molecule has 2 aromatic carbocycles. The molecular formula is C22H22ClN3O6S. The van der Waals surface area contributed by atoms with Crippen LogP contribution in [0.3, 0.4) is 0 Å². The number of nitrogens with one attached hydrogen (secondary N) is 2. The molecule has 9 nitrogen and oxygen atoms in total. The quantitative estimate of drug-likeness (QED) is 0.546. The lowest BCUT2D eigenvalue weighted by molar-refractivity contribution is -0.117. The van der Waals surface area contributed by atoms with Gasteiger partial charge in [-0.1, -0.05) is 23.7 Å². The van der Waals surface area contributed by atoms with Crippen LogP contribution in [0.4, 0.5) is 0 Å². The van der Waals surface area contributed by atoms with Gasteiger partial charge in [-0.2, -0.15) is 0 Å². The third-order valence-electron chi connectivity index (χ3n) is 5.62. The van der Waals surface area contributed by atoms with Crippen molar-refractivity contribution < 1.29 is 27.5 Å². The van der Waals surface area contributed by atoms with Crippen molar-refractivity contribution in [2.45, 2.75) is 17.4 Å². The molecule has 11 heteroatoms. The maximum atomic E-state index is 13.2. The van der Waals surface area contributed by atoms with Gasteiger partial charge >= 0.3 is 0 Å². The Morgan fingerprint density at radius 1 is 1.15 bits per heavy atom. The van der Waals surface area contributed by atoms with Crippen LogP contribution in [-0.2, 0) is 32.1 Å². The number of rotatable bonds is 6. The number of aromatic nitrogens is 1. The average molecular weight is 492 g/mol. The molecule has 3 aromatic rings. The Morgan fingerprint density at radius 3 is 2.36 bits per heavy atom. The molecule has 1 aliphatic heterocycles. The van der Waals surface area contributed by atoms with Gasteiger partial charge in [0.25, 0.3) is 15.9 Å². The van der Waals surface area contributed by atoms with Gasteiger partial charge in [0.15, 0.2) is 0 Å². The van der Waals surface area contributed by atoms with Crippen LogP contribution < -0.4 is 14.8 Å². The molecule has 0 aliphatic carbocycles. The van der Waals surface area contributed by atoms with E-state index < -0.39 is 21.5 Å². The number of amides is 2. The molecule has 1 aliphatic rings. The van der Waals surface area contributed by atoms with Crippen molar-refractivity contribution in [3.63, 3.8) is 0 Å². The van der Waals surface area contributed by atoms with Crippen LogP contribution in [0.2, 0.25) is 5.02 Å². The zero-order valence-electron chi connectivity index (χ0n) is 18.1. The van der Waals surface area contributed by atoms with Crippen LogP contribution in [0.1, 0.15) is 23.0 Å². The third-order valence-corrected chi connectivity index (χ3v) is 7.46. The first kappa shape index (κ1) is 23.1. The van der Waals surface area contributed by atoms with Gasteiger partial charge in [0.2, 0.25) is 5.91 Å². The molecule has 2 heterocycles. The van der Waals surface area contributed by atoms with E-state index in [0.717, 1.165) is 12.4 Å². The SMILES string of the molecule is COc1ccc2c(cc(C(=O)NC3(c4ccc(S(=O)(=O)NC(C)=O)cc4)COC3)n2C)c1Cl.